The Morgan fingerprint density at radius 1 is 0.966 bits per heavy atom. The normalized spacial score (nSPS) is 14.6. The first-order chi connectivity index (χ1) is 14.2. The molecule has 0 atom stereocenters. The van der Waals surface area contributed by atoms with Crippen molar-refractivity contribution < 1.29 is 14.0 Å². The number of fused-ring (bicyclic) bond motifs is 1. The SMILES string of the molecule is O=C(Cc1ccc(NC(=O)c2cc3ccccc3o2)cc1)NCC1CCCCC1. The average molecular weight is 390 g/mol. The fraction of sp³-hybridized carbons (Fsp3) is 0.333. The van der Waals surface area contributed by atoms with Crippen LogP contribution >= 0.6 is 0 Å². The number of rotatable bonds is 6. The molecule has 2 N–H and O–H groups in total. The number of carbonyl (C=O) groups is 2. The quantitative estimate of drug-likeness (QED) is 0.627. The zero-order chi connectivity index (χ0) is 20.1. The van der Waals surface area contributed by atoms with Crippen molar-refractivity contribution in [1.29, 1.82) is 0 Å². The van der Waals surface area contributed by atoms with E-state index in [9.17, 15) is 9.59 Å². The van der Waals surface area contributed by atoms with Crippen LogP contribution in [0, 0.1) is 5.92 Å². The summed E-state index contributed by atoms with van der Waals surface area (Å²) in [6.07, 6.45) is 6.68. The summed E-state index contributed by atoms with van der Waals surface area (Å²) in [4.78, 5) is 24.6. The monoisotopic (exact) mass is 390 g/mol. The van der Waals surface area contributed by atoms with Crippen LogP contribution in [0.15, 0.2) is 59.0 Å². The van der Waals surface area contributed by atoms with Gasteiger partial charge < -0.3 is 15.1 Å². The molecule has 5 heteroatoms. The van der Waals surface area contributed by atoms with E-state index in [1.807, 2.05) is 48.5 Å². The fourth-order valence-electron chi connectivity index (χ4n) is 3.89. The Morgan fingerprint density at radius 2 is 1.72 bits per heavy atom. The Balaban J connectivity index is 1.29. The molecule has 2 amide bonds. The Morgan fingerprint density at radius 3 is 2.48 bits per heavy atom. The number of furan rings is 1. The van der Waals surface area contributed by atoms with E-state index >= 15 is 0 Å². The molecule has 150 valence electrons. The summed E-state index contributed by atoms with van der Waals surface area (Å²) in [7, 11) is 0. The van der Waals surface area contributed by atoms with Crippen LogP contribution in [-0.2, 0) is 11.2 Å². The topological polar surface area (TPSA) is 71.3 Å². The van der Waals surface area contributed by atoms with E-state index in [4.69, 9.17) is 4.42 Å². The summed E-state index contributed by atoms with van der Waals surface area (Å²) in [5, 5.41) is 6.79. The van der Waals surface area contributed by atoms with E-state index in [1.165, 1.54) is 32.1 Å². The van der Waals surface area contributed by atoms with Crippen molar-refractivity contribution in [3.8, 4) is 0 Å². The third kappa shape index (κ3) is 5.05. The lowest BCUT2D eigenvalue weighted by Gasteiger charge is -2.21. The third-order valence-corrected chi connectivity index (χ3v) is 5.54. The van der Waals surface area contributed by atoms with Gasteiger partial charge in [-0.2, -0.15) is 0 Å². The van der Waals surface area contributed by atoms with Gasteiger partial charge in [-0.05, 0) is 48.6 Å². The van der Waals surface area contributed by atoms with E-state index in [0.717, 1.165) is 17.5 Å². The molecule has 0 bridgehead atoms. The Labute approximate surface area is 170 Å². The molecule has 5 nitrogen and oxygen atoms in total. The second kappa shape index (κ2) is 8.95. The van der Waals surface area contributed by atoms with Crippen molar-refractivity contribution in [3.63, 3.8) is 0 Å². The molecule has 0 saturated heterocycles. The second-order valence-corrected chi connectivity index (χ2v) is 7.78. The van der Waals surface area contributed by atoms with E-state index in [0.29, 0.717) is 23.6 Å². The van der Waals surface area contributed by atoms with Crippen molar-refractivity contribution >= 4 is 28.5 Å². The minimum atomic E-state index is -0.292. The van der Waals surface area contributed by atoms with E-state index in [2.05, 4.69) is 10.6 Å². The molecule has 0 radical (unpaired) electrons. The van der Waals surface area contributed by atoms with E-state index < -0.39 is 0 Å². The van der Waals surface area contributed by atoms with Crippen LogP contribution < -0.4 is 10.6 Å². The highest BCUT2D eigenvalue weighted by Crippen LogP contribution is 2.23. The molecular weight excluding hydrogens is 364 g/mol. The van der Waals surface area contributed by atoms with Crippen LogP contribution in [0.25, 0.3) is 11.0 Å². The lowest BCUT2D eigenvalue weighted by Crippen LogP contribution is -2.31. The standard InChI is InChI=1S/C24H26N2O3/c27-23(25-16-18-6-2-1-3-7-18)14-17-10-12-20(13-11-17)26-24(28)22-15-19-8-4-5-9-21(19)29-22/h4-5,8-13,15,18H,1-3,6-7,14,16H2,(H,25,27)(H,26,28). The number of nitrogens with one attached hydrogen (secondary N) is 2. The van der Waals surface area contributed by atoms with Gasteiger partial charge in [-0.1, -0.05) is 49.6 Å². The molecular formula is C24H26N2O3. The number of amides is 2. The highest BCUT2D eigenvalue weighted by molar-refractivity contribution is 6.04. The van der Waals surface area contributed by atoms with Gasteiger partial charge in [0.05, 0.1) is 6.42 Å². The van der Waals surface area contributed by atoms with Gasteiger partial charge in [0.25, 0.3) is 5.91 Å². The van der Waals surface area contributed by atoms with Crippen LogP contribution in [0.1, 0.15) is 48.2 Å². The zero-order valence-electron chi connectivity index (χ0n) is 16.4. The number of hydrogen-bond donors (Lipinski definition) is 2. The maximum Gasteiger partial charge on any atom is 0.291 e. The first kappa shape index (κ1) is 19.2. The first-order valence-corrected chi connectivity index (χ1v) is 10.3. The number of anilines is 1. The van der Waals surface area contributed by atoms with Crippen molar-refractivity contribution in [1.82, 2.24) is 5.32 Å². The maximum atomic E-state index is 12.4. The average Bonchev–Trinajstić information content (AvgIpc) is 3.19. The van der Waals surface area contributed by atoms with Gasteiger partial charge in [0.1, 0.15) is 5.58 Å². The molecule has 4 rings (SSSR count). The number of carbonyl (C=O) groups excluding carboxylic acids is 2. The van der Waals surface area contributed by atoms with Crippen LogP contribution in [0.5, 0.6) is 0 Å². The van der Waals surface area contributed by atoms with Crippen molar-refractivity contribution in [2.75, 3.05) is 11.9 Å². The predicted octanol–water partition coefficient (Wildman–Crippen LogP) is 4.92. The molecule has 29 heavy (non-hydrogen) atoms. The van der Waals surface area contributed by atoms with E-state index in [-0.39, 0.29) is 17.6 Å². The molecule has 1 fully saturated rings. The lowest BCUT2D eigenvalue weighted by molar-refractivity contribution is -0.120. The highest BCUT2D eigenvalue weighted by Gasteiger charge is 2.15. The van der Waals surface area contributed by atoms with E-state index in [1.54, 1.807) is 6.07 Å². The summed E-state index contributed by atoms with van der Waals surface area (Å²) in [6.45, 7) is 0.782. The first-order valence-electron chi connectivity index (χ1n) is 10.3. The smallest absolute Gasteiger partial charge is 0.291 e. The number of para-hydroxylation sites is 1. The summed E-state index contributed by atoms with van der Waals surface area (Å²) >= 11 is 0. The molecule has 1 heterocycles. The minimum absolute atomic E-state index is 0.0506. The summed E-state index contributed by atoms with van der Waals surface area (Å²) in [6, 6.07) is 16.6. The molecule has 1 aliphatic carbocycles. The van der Waals surface area contributed by atoms with Gasteiger partial charge in [0.15, 0.2) is 5.76 Å². The predicted molar refractivity (Wildman–Crippen MR) is 114 cm³/mol. The fourth-order valence-corrected chi connectivity index (χ4v) is 3.89. The molecule has 0 aliphatic heterocycles. The second-order valence-electron chi connectivity index (χ2n) is 7.78. The highest BCUT2D eigenvalue weighted by atomic mass is 16.3. The van der Waals surface area contributed by atoms with Crippen molar-refractivity contribution in [2.45, 2.75) is 38.5 Å². The van der Waals surface area contributed by atoms with Crippen molar-refractivity contribution in [2.24, 2.45) is 5.92 Å². The molecule has 1 aromatic heterocycles. The van der Waals surface area contributed by atoms with Gasteiger partial charge in [-0.3, -0.25) is 9.59 Å². The summed E-state index contributed by atoms with van der Waals surface area (Å²) in [5.74, 6) is 0.662. The largest absolute Gasteiger partial charge is 0.451 e. The summed E-state index contributed by atoms with van der Waals surface area (Å²) < 4.78 is 5.59. The van der Waals surface area contributed by atoms with Crippen LogP contribution in [-0.4, -0.2) is 18.4 Å². The molecule has 0 spiro atoms. The van der Waals surface area contributed by atoms with Crippen LogP contribution in [0.4, 0.5) is 5.69 Å². The van der Waals surface area contributed by atoms with Gasteiger partial charge in [-0.15, -0.1) is 0 Å². The number of benzene rings is 2. The third-order valence-electron chi connectivity index (χ3n) is 5.54. The molecule has 0 unspecified atom stereocenters. The van der Waals surface area contributed by atoms with Gasteiger partial charge >= 0.3 is 0 Å². The molecule has 1 saturated carbocycles. The lowest BCUT2D eigenvalue weighted by atomic mass is 9.89. The maximum absolute atomic E-state index is 12.4. The zero-order valence-corrected chi connectivity index (χ0v) is 16.4. The van der Waals surface area contributed by atoms with Gasteiger partial charge in [-0.25, -0.2) is 0 Å². The van der Waals surface area contributed by atoms with Crippen LogP contribution in [0.3, 0.4) is 0 Å². The molecule has 3 aromatic rings. The minimum Gasteiger partial charge on any atom is -0.451 e. The molecule has 1 aliphatic rings. The van der Waals surface area contributed by atoms with Gasteiger partial charge in [0, 0.05) is 17.6 Å². The Hall–Kier alpha value is -3.08. The summed E-state index contributed by atoms with van der Waals surface area (Å²) in [5.41, 5.74) is 2.28. The van der Waals surface area contributed by atoms with Crippen LogP contribution in [0.2, 0.25) is 0 Å². The molecule has 2 aromatic carbocycles. The van der Waals surface area contributed by atoms with Gasteiger partial charge in [0.2, 0.25) is 5.91 Å². The Bertz CT molecular complexity index is 952. The van der Waals surface area contributed by atoms with Crippen molar-refractivity contribution in [3.05, 3.63) is 65.9 Å². The Kier molecular flexibility index (Phi) is 5.94. The number of hydrogen-bond acceptors (Lipinski definition) is 3.